The lowest BCUT2D eigenvalue weighted by Gasteiger charge is -2.34. The van der Waals surface area contributed by atoms with Gasteiger partial charge in [-0.1, -0.05) is 32.9 Å². The lowest BCUT2D eigenvalue weighted by atomic mass is 9.94. The SMILES string of the molecule is CCc1ccc(NC(=O)c2ccc(F)c(S(=O)(=O)N3CC(C)CC(C)C3)c2)cc1. The Morgan fingerprint density at radius 2 is 1.72 bits per heavy atom. The van der Waals surface area contributed by atoms with Crippen LogP contribution in [0.4, 0.5) is 10.1 Å². The predicted octanol–water partition coefficient (Wildman–Crippen LogP) is 4.31. The largest absolute Gasteiger partial charge is 0.322 e. The van der Waals surface area contributed by atoms with E-state index in [2.05, 4.69) is 5.32 Å². The molecule has 3 rings (SSSR count). The molecule has 0 bridgehead atoms. The second kappa shape index (κ2) is 8.63. The van der Waals surface area contributed by atoms with E-state index in [1.54, 1.807) is 12.1 Å². The molecular formula is C22H27FN2O3S. The number of hydrogen-bond donors (Lipinski definition) is 1. The minimum Gasteiger partial charge on any atom is -0.322 e. The second-order valence-corrected chi connectivity index (χ2v) is 9.82. The number of piperidine rings is 1. The van der Waals surface area contributed by atoms with Gasteiger partial charge >= 0.3 is 0 Å². The normalized spacial score (nSPS) is 20.4. The molecule has 1 N–H and O–H groups in total. The van der Waals surface area contributed by atoms with E-state index >= 15 is 0 Å². The maximum atomic E-state index is 14.5. The summed E-state index contributed by atoms with van der Waals surface area (Å²) in [6, 6.07) is 10.9. The van der Waals surface area contributed by atoms with Crippen molar-refractivity contribution in [3.05, 3.63) is 59.4 Å². The first-order valence-electron chi connectivity index (χ1n) is 9.90. The Hall–Kier alpha value is -2.25. The standard InChI is InChI=1S/C22H27FN2O3S/c1-4-17-5-8-19(9-6-17)24-22(26)18-7-10-20(23)21(12-18)29(27,28)25-13-15(2)11-16(3)14-25/h5-10,12,15-16H,4,11,13-14H2,1-3H3,(H,24,26). The van der Waals surface area contributed by atoms with Gasteiger partial charge in [0.1, 0.15) is 10.7 Å². The van der Waals surface area contributed by atoms with E-state index in [1.807, 2.05) is 32.9 Å². The highest BCUT2D eigenvalue weighted by molar-refractivity contribution is 7.89. The van der Waals surface area contributed by atoms with Crippen LogP contribution in [-0.4, -0.2) is 31.7 Å². The van der Waals surface area contributed by atoms with Gasteiger partial charge in [-0.05, 0) is 60.6 Å². The number of benzene rings is 2. The zero-order chi connectivity index (χ0) is 21.2. The molecule has 29 heavy (non-hydrogen) atoms. The average Bonchev–Trinajstić information content (AvgIpc) is 2.68. The van der Waals surface area contributed by atoms with E-state index < -0.39 is 26.6 Å². The number of carbonyl (C=O) groups is 1. The van der Waals surface area contributed by atoms with E-state index in [4.69, 9.17) is 0 Å². The van der Waals surface area contributed by atoms with Crippen LogP contribution in [0.25, 0.3) is 0 Å². The summed E-state index contributed by atoms with van der Waals surface area (Å²) in [7, 11) is -4.02. The molecule has 2 atom stereocenters. The Labute approximate surface area is 172 Å². The van der Waals surface area contributed by atoms with Crippen molar-refractivity contribution in [1.29, 1.82) is 0 Å². The van der Waals surface area contributed by atoms with Crippen molar-refractivity contribution in [3.63, 3.8) is 0 Å². The first kappa shape index (κ1) is 21.5. The molecule has 7 heteroatoms. The van der Waals surface area contributed by atoms with Gasteiger partial charge in [-0.3, -0.25) is 4.79 Å². The van der Waals surface area contributed by atoms with E-state index in [0.29, 0.717) is 18.8 Å². The van der Waals surface area contributed by atoms with E-state index in [9.17, 15) is 17.6 Å². The van der Waals surface area contributed by atoms with Crippen molar-refractivity contribution < 1.29 is 17.6 Å². The first-order chi connectivity index (χ1) is 13.7. The van der Waals surface area contributed by atoms with Crippen LogP contribution < -0.4 is 5.32 Å². The summed E-state index contributed by atoms with van der Waals surface area (Å²) in [5, 5.41) is 2.73. The van der Waals surface area contributed by atoms with Gasteiger partial charge in [-0.15, -0.1) is 0 Å². The van der Waals surface area contributed by atoms with E-state index in [1.165, 1.54) is 10.4 Å². The number of carbonyl (C=O) groups excluding carboxylic acids is 1. The monoisotopic (exact) mass is 418 g/mol. The van der Waals surface area contributed by atoms with E-state index in [0.717, 1.165) is 30.5 Å². The quantitative estimate of drug-likeness (QED) is 0.787. The Bertz CT molecular complexity index is 980. The number of hydrogen-bond acceptors (Lipinski definition) is 3. The van der Waals surface area contributed by atoms with Crippen molar-refractivity contribution in [2.75, 3.05) is 18.4 Å². The third kappa shape index (κ3) is 4.85. The fourth-order valence-corrected chi connectivity index (χ4v) is 5.58. The first-order valence-corrected chi connectivity index (χ1v) is 11.3. The smallest absolute Gasteiger partial charge is 0.255 e. The van der Waals surface area contributed by atoms with Crippen LogP contribution in [0.15, 0.2) is 47.4 Å². The molecule has 2 aromatic rings. The number of anilines is 1. The maximum Gasteiger partial charge on any atom is 0.255 e. The Morgan fingerprint density at radius 3 is 2.31 bits per heavy atom. The molecule has 0 saturated carbocycles. The van der Waals surface area contributed by atoms with Gasteiger partial charge in [0.25, 0.3) is 5.91 Å². The number of rotatable bonds is 5. The van der Waals surface area contributed by atoms with Gasteiger partial charge in [0, 0.05) is 24.3 Å². The molecule has 5 nitrogen and oxygen atoms in total. The molecule has 0 radical (unpaired) electrons. The molecule has 1 aliphatic heterocycles. The van der Waals surface area contributed by atoms with Crippen LogP contribution in [0.1, 0.15) is 43.1 Å². The van der Waals surface area contributed by atoms with Gasteiger partial charge < -0.3 is 5.32 Å². The summed E-state index contributed by atoms with van der Waals surface area (Å²) in [5.41, 5.74) is 1.84. The number of aryl methyl sites for hydroxylation is 1. The van der Waals surface area contributed by atoms with Crippen molar-refractivity contribution in [1.82, 2.24) is 4.31 Å². The molecule has 1 fully saturated rings. The highest BCUT2D eigenvalue weighted by Gasteiger charge is 2.33. The number of amides is 1. The Kier molecular flexibility index (Phi) is 6.39. The Morgan fingerprint density at radius 1 is 1.10 bits per heavy atom. The highest BCUT2D eigenvalue weighted by Crippen LogP contribution is 2.28. The van der Waals surface area contributed by atoms with Crippen molar-refractivity contribution in [2.45, 2.75) is 38.5 Å². The van der Waals surface area contributed by atoms with Gasteiger partial charge in [0.05, 0.1) is 0 Å². The number of sulfonamides is 1. The predicted molar refractivity (Wildman–Crippen MR) is 112 cm³/mol. The van der Waals surface area contributed by atoms with Gasteiger partial charge in [-0.2, -0.15) is 4.31 Å². The van der Waals surface area contributed by atoms with Crippen LogP contribution >= 0.6 is 0 Å². The molecule has 0 spiro atoms. The summed E-state index contributed by atoms with van der Waals surface area (Å²) in [4.78, 5) is 12.1. The van der Waals surface area contributed by atoms with Crippen molar-refractivity contribution >= 4 is 21.6 Å². The van der Waals surface area contributed by atoms with Gasteiger partial charge in [-0.25, -0.2) is 12.8 Å². The second-order valence-electron chi connectivity index (χ2n) is 7.92. The maximum absolute atomic E-state index is 14.5. The minimum atomic E-state index is -4.02. The summed E-state index contributed by atoms with van der Waals surface area (Å²) in [6.45, 7) is 6.72. The van der Waals surface area contributed by atoms with Crippen LogP contribution in [0.2, 0.25) is 0 Å². The van der Waals surface area contributed by atoms with Crippen LogP contribution in [-0.2, 0) is 16.4 Å². The lowest BCUT2D eigenvalue weighted by molar-refractivity contribution is 0.102. The number of nitrogens with one attached hydrogen (secondary N) is 1. The number of halogens is 1. The van der Waals surface area contributed by atoms with Gasteiger partial charge in [0.2, 0.25) is 10.0 Å². The van der Waals surface area contributed by atoms with Crippen LogP contribution in [0, 0.1) is 17.7 Å². The summed E-state index contributed by atoms with van der Waals surface area (Å²) in [6.07, 6.45) is 1.83. The van der Waals surface area contributed by atoms with Crippen molar-refractivity contribution in [3.8, 4) is 0 Å². The third-order valence-electron chi connectivity index (χ3n) is 5.27. The zero-order valence-electron chi connectivity index (χ0n) is 17.0. The van der Waals surface area contributed by atoms with Crippen molar-refractivity contribution in [2.24, 2.45) is 11.8 Å². The summed E-state index contributed by atoms with van der Waals surface area (Å²) < 4.78 is 41.9. The summed E-state index contributed by atoms with van der Waals surface area (Å²) >= 11 is 0. The summed E-state index contributed by atoms with van der Waals surface area (Å²) in [5.74, 6) is -0.922. The molecule has 1 amide bonds. The molecule has 156 valence electrons. The molecule has 2 unspecified atom stereocenters. The fraction of sp³-hybridized carbons (Fsp3) is 0.409. The molecule has 1 aliphatic rings. The molecule has 0 aliphatic carbocycles. The lowest BCUT2D eigenvalue weighted by Crippen LogP contribution is -2.42. The average molecular weight is 419 g/mol. The van der Waals surface area contributed by atoms with E-state index in [-0.39, 0.29) is 17.4 Å². The highest BCUT2D eigenvalue weighted by atomic mass is 32.2. The van der Waals surface area contributed by atoms with Crippen LogP contribution in [0.5, 0.6) is 0 Å². The molecule has 1 heterocycles. The molecule has 2 aromatic carbocycles. The zero-order valence-corrected chi connectivity index (χ0v) is 17.8. The third-order valence-corrected chi connectivity index (χ3v) is 7.11. The van der Waals surface area contributed by atoms with Gasteiger partial charge in [0.15, 0.2) is 0 Å². The topological polar surface area (TPSA) is 66.5 Å². The fourth-order valence-electron chi connectivity index (χ4n) is 3.81. The molecule has 0 aromatic heterocycles. The Balaban J connectivity index is 1.85. The number of nitrogens with zero attached hydrogens (tertiary/aromatic N) is 1. The minimum absolute atomic E-state index is 0.0997. The molecule has 1 saturated heterocycles. The van der Waals surface area contributed by atoms with Crippen LogP contribution in [0.3, 0.4) is 0 Å². The molecular weight excluding hydrogens is 391 g/mol.